The zero-order chi connectivity index (χ0) is 20.2. The molecule has 0 unspecified atom stereocenters. The molecular formula is C24H27N3O. The summed E-state index contributed by atoms with van der Waals surface area (Å²) in [4.78, 5) is 21.2. The number of carbonyl (C=O) groups is 1. The molecule has 144 valence electrons. The van der Waals surface area contributed by atoms with Crippen LogP contribution in [0.2, 0.25) is 0 Å². The van der Waals surface area contributed by atoms with E-state index in [1.807, 2.05) is 13.0 Å². The van der Waals surface area contributed by atoms with Gasteiger partial charge in [-0.1, -0.05) is 58.0 Å². The molecule has 0 N–H and O–H groups in total. The lowest BCUT2D eigenvalue weighted by Crippen LogP contribution is -2.45. The minimum absolute atomic E-state index is 0.0126. The summed E-state index contributed by atoms with van der Waals surface area (Å²) >= 11 is 0. The second-order valence-corrected chi connectivity index (χ2v) is 8.79. The van der Waals surface area contributed by atoms with Gasteiger partial charge in [0.25, 0.3) is 0 Å². The quantitative estimate of drug-likeness (QED) is 0.691. The molecule has 2 aromatic rings. The van der Waals surface area contributed by atoms with Crippen LogP contribution in [0.15, 0.2) is 36.0 Å². The fourth-order valence-corrected chi connectivity index (χ4v) is 5.10. The highest BCUT2D eigenvalue weighted by Gasteiger charge is 2.49. The largest absolute Gasteiger partial charge is 0.331 e. The van der Waals surface area contributed by atoms with Crippen molar-refractivity contribution < 1.29 is 4.79 Å². The first kappa shape index (κ1) is 18.7. The second kappa shape index (κ2) is 6.44. The third-order valence-electron chi connectivity index (χ3n) is 6.85. The van der Waals surface area contributed by atoms with Gasteiger partial charge < -0.3 is 9.36 Å². The van der Waals surface area contributed by atoms with Crippen molar-refractivity contribution in [2.24, 2.45) is 18.9 Å². The zero-order valence-corrected chi connectivity index (χ0v) is 17.3. The molecule has 0 radical (unpaired) electrons. The van der Waals surface area contributed by atoms with E-state index in [9.17, 15) is 4.79 Å². The predicted octanol–water partition coefficient (Wildman–Crippen LogP) is 5.05. The Morgan fingerprint density at radius 2 is 1.96 bits per heavy atom. The Hall–Kier alpha value is -2.67. The smallest absolute Gasteiger partial charge is 0.226 e. The van der Waals surface area contributed by atoms with Gasteiger partial charge in [0.15, 0.2) is 5.78 Å². The van der Waals surface area contributed by atoms with E-state index in [2.05, 4.69) is 61.5 Å². The van der Waals surface area contributed by atoms with Crippen LogP contribution in [-0.4, -0.2) is 15.3 Å². The van der Waals surface area contributed by atoms with Crippen LogP contribution in [0.25, 0.3) is 16.2 Å². The van der Waals surface area contributed by atoms with Gasteiger partial charge in [0, 0.05) is 29.6 Å². The number of rotatable bonds is 2. The lowest BCUT2D eigenvalue weighted by Gasteiger charge is -2.44. The molecule has 0 spiro atoms. The van der Waals surface area contributed by atoms with Crippen molar-refractivity contribution in [3.05, 3.63) is 64.4 Å². The molecule has 28 heavy (non-hydrogen) atoms. The Balaban J connectivity index is 1.85. The summed E-state index contributed by atoms with van der Waals surface area (Å²) in [6.45, 7) is 16.0. The first-order chi connectivity index (χ1) is 13.3. The highest BCUT2D eigenvalue weighted by atomic mass is 16.1. The van der Waals surface area contributed by atoms with Crippen LogP contribution in [0.5, 0.6) is 0 Å². The van der Waals surface area contributed by atoms with Crippen molar-refractivity contribution in [1.29, 1.82) is 0 Å². The summed E-state index contributed by atoms with van der Waals surface area (Å²) in [7, 11) is 2.08. The van der Waals surface area contributed by atoms with Crippen molar-refractivity contribution in [1.82, 2.24) is 9.55 Å². The third-order valence-corrected chi connectivity index (χ3v) is 6.85. The molecule has 1 aromatic carbocycles. The fraction of sp³-hybridized carbons (Fsp3) is 0.458. The van der Waals surface area contributed by atoms with Crippen LogP contribution in [0.3, 0.4) is 0 Å². The first-order valence-electron chi connectivity index (χ1n) is 10.1. The zero-order valence-electron chi connectivity index (χ0n) is 17.3. The highest BCUT2D eigenvalue weighted by molar-refractivity contribution is 6.00. The molecule has 0 bridgehead atoms. The van der Waals surface area contributed by atoms with Crippen LogP contribution >= 0.6 is 0 Å². The number of carbonyl (C=O) groups excluding carboxylic acids is 1. The first-order valence-corrected chi connectivity index (χ1v) is 10.1. The standard InChI is InChI=1S/C24H27N3O/c1-14(2)16-7-9-17(10-8-16)23-26-22-20(27(23)6)12-11-18-15(3)21(28)19(25-5)13-24(18,22)4/h7-10,13-15,18H,11-12H2,1-4,6H3/t15-,18-,24-/m1/s1. The van der Waals surface area contributed by atoms with E-state index >= 15 is 0 Å². The van der Waals surface area contributed by atoms with E-state index in [4.69, 9.17) is 11.6 Å². The number of fused-ring (bicyclic) bond motifs is 3. The van der Waals surface area contributed by atoms with E-state index in [1.165, 1.54) is 11.3 Å². The molecule has 0 fully saturated rings. The Labute approximate surface area is 167 Å². The number of hydrogen-bond acceptors (Lipinski definition) is 2. The predicted molar refractivity (Wildman–Crippen MR) is 111 cm³/mol. The van der Waals surface area contributed by atoms with Gasteiger partial charge >= 0.3 is 0 Å². The summed E-state index contributed by atoms with van der Waals surface area (Å²) < 4.78 is 2.20. The maximum Gasteiger partial charge on any atom is 0.226 e. The summed E-state index contributed by atoms with van der Waals surface area (Å²) in [5, 5.41) is 0. The Bertz CT molecular complexity index is 1020. The van der Waals surface area contributed by atoms with Crippen molar-refractivity contribution in [2.75, 3.05) is 0 Å². The average Bonchev–Trinajstić information content (AvgIpc) is 3.03. The number of nitrogens with zero attached hydrogens (tertiary/aromatic N) is 3. The highest BCUT2D eigenvalue weighted by Crippen LogP contribution is 2.50. The SMILES string of the molecule is [C-]#[N+]C1=C[C@@]2(C)c3nc(-c4ccc(C(C)C)cc4)n(C)c3CC[C@@H]2[C@@H](C)C1=O. The second-order valence-electron chi connectivity index (χ2n) is 8.79. The normalized spacial score (nSPS) is 26.5. The van der Waals surface area contributed by atoms with Gasteiger partial charge in [0.1, 0.15) is 5.82 Å². The van der Waals surface area contributed by atoms with E-state index in [0.717, 1.165) is 29.9 Å². The topological polar surface area (TPSA) is 39.2 Å². The average molecular weight is 374 g/mol. The summed E-state index contributed by atoms with van der Waals surface area (Å²) in [5.41, 5.74) is 4.59. The lowest BCUT2D eigenvalue weighted by atomic mass is 9.59. The minimum Gasteiger partial charge on any atom is -0.331 e. The van der Waals surface area contributed by atoms with Crippen LogP contribution in [0.1, 0.15) is 57.0 Å². The summed E-state index contributed by atoms with van der Waals surface area (Å²) in [6, 6.07) is 8.65. The van der Waals surface area contributed by atoms with E-state index in [-0.39, 0.29) is 28.7 Å². The number of benzene rings is 1. The molecule has 4 rings (SSSR count). The summed E-state index contributed by atoms with van der Waals surface area (Å²) in [6.07, 6.45) is 3.76. The minimum atomic E-state index is -0.366. The van der Waals surface area contributed by atoms with Crippen molar-refractivity contribution >= 4 is 5.78 Å². The molecule has 4 nitrogen and oxygen atoms in total. The van der Waals surface area contributed by atoms with Gasteiger partial charge in [0.2, 0.25) is 5.70 Å². The monoisotopic (exact) mass is 373 g/mol. The third kappa shape index (κ3) is 2.57. The van der Waals surface area contributed by atoms with Crippen LogP contribution < -0.4 is 0 Å². The van der Waals surface area contributed by atoms with E-state index in [0.29, 0.717) is 5.92 Å². The van der Waals surface area contributed by atoms with Crippen LogP contribution in [0, 0.1) is 18.4 Å². The maximum atomic E-state index is 12.5. The number of aromatic nitrogens is 2. The molecule has 0 amide bonds. The molecule has 0 saturated heterocycles. The van der Waals surface area contributed by atoms with Gasteiger partial charge in [-0.25, -0.2) is 9.83 Å². The maximum absolute atomic E-state index is 12.5. The molecule has 2 aliphatic carbocycles. The molecule has 1 heterocycles. The summed E-state index contributed by atoms with van der Waals surface area (Å²) in [5.74, 6) is 1.51. The number of imidazole rings is 1. The van der Waals surface area contributed by atoms with Gasteiger partial charge in [-0.2, -0.15) is 0 Å². The van der Waals surface area contributed by atoms with Gasteiger partial charge in [-0.05, 0) is 30.2 Å². The molecule has 0 aliphatic heterocycles. The fourth-order valence-electron chi connectivity index (χ4n) is 5.10. The number of hydrogen-bond donors (Lipinski definition) is 0. The van der Waals surface area contributed by atoms with Crippen molar-refractivity contribution in [3.8, 4) is 11.4 Å². The van der Waals surface area contributed by atoms with Crippen molar-refractivity contribution in [2.45, 2.75) is 51.9 Å². The Morgan fingerprint density at radius 1 is 1.29 bits per heavy atom. The molecule has 2 aliphatic rings. The van der Waals surface area contributed by atoms with Crippen LogP contribution in [0.4, 0.5) is 0 Å². The molecular weight excluding hydrogens is 346 g/mol. The number of ketones is 1. The van der Waals surface area contributed by atoms with Crippen molar-refractivity contribution in [3.63, 3.8) is 0 Å². The van der Waals surface area contributed by atoms with E-state index < -0.39 is 0 Å². The Kier molecular flexibility index (Phi) is 4.30. The lowest BCUT2D eigenvalue weighted by molar-refractivity contribution is -0.121. The van der Waals surface area contributed by atoms with Gasteiger partial charge in [-0.3, -0.25) is 0 Å². The molecule has 4 heteroatoms. The van der Waals surface area contributed by atoms with Crippen LogP contribution in [-0.2, 0) is 23.7 Å². The van der Waals surface area contributed by atoms with Gasteiger partial charge in [-0.15, -0.1) is 0 Å². The number of Topliss-reactive ketones (excluding diaryl/α,β-unsaturated/α-hetero) is 1. The number of allylic oxidation sites excluding steroid dienone is 2. The molecule has 1 aromatic heterocycles. The van der Waals surface area contributed by atoms with Gasteiger partial charge in [0.05, 0.1) is 12.3 Å². The molecule has 0 saturated carbocycles. The molecule has 3 atom stereocenters. The van der Waals surface area contributed by atoms with E-state index in [1.54, 1.807) is 0 Å². The Morgan fingerprint density at radius 3 is 2.57 bits per heavy atom.